The van der Waals surface area contributed by atoms with Gasteiger partial charge in [-0.15, -0.1) is 0 Å². The van der Waals surface area contributed by atoms with Crippen LogP contribution in [0, 0.1) is 0 Å². The molecule has 0 bridgehead atoms. The second kappa shape index (κ2) is 10.4. The van der Waals surface area contributed by atoms with Gasteiger partial charge in [-0.25, -0.2) is 0 Å². The zero-order chi connectivity index (χ0) is 19.6. The monoisotopic (exact) mass is 377 g/mol. The number of ether oxygens (including phenoxy) is 3. The maximum Gasteiger partial charge on any atom is 0.160 e. The number of rotatable bonds is 10. The lowest BCUT2D eigenvalue weighted by Crippen LogP contribution is -2.16. The maximum atomic E-state index is 5.83. The molecule has 0 radical (unpaired) electrons. The van der Waals surface area contributed by atoms with Crippen LogP contribution in [0.1, 0.15) is 16.7 Å². The Morgan fingerprint density at radius 1 is 0.714 bits per heavy atom. The molecule has 0 aliphatic carbocycles. The smallest absolute Gasteiger partial charge is 0.160 e. The van der Waals surface area contributed by atoms with Gasteiger partial charge in [-0.05, 0) is 53.9 Å². The van der Waals surface area contributed by atoms with E-state index in [1.54, 1.807) is 14.2 Å². The largest absolute Gasteiger partial charge is 0.493 e. The van der Waals surface area contributed by atoms with E-state index in [0.29, 0.717) is 6.61 Å². The van der Waals surface area contributed by atoms with Gasteiger partial charge in [0.2, 0.25) is 0 Å². The molecule has 0 aromatic heterocycles. The topological polar surface area (TPSA) is 39.7 Å². The normalized spacial score (nSPS) is 10.5. The molecule has 0 saturated heterocycles. The van der Waals surface area contributed by atoms with Crippen molar-refractivity contribution in [2.45, 2.75) is 19.6 Å². The van der Waals surface area contributed by atoms with Gasteiger partial charge >= 0.3 is 0 Å². The van der Waals surface area contributed by atoms with E-state index >= 15 is 0 Å². The third-order valence-electron chi connectivity index (χ3n) is 4.54. The number of benzene rings is 3. The van der Waals surface area contributed by atoms with Gasteiger partial charge in [-0.2, -0.15) is 0 Å². The average molecular weight is 377 g/mol. The number of hydrogen-bond acceptors (Lipinski definition) is 4. The summed E-state index contributed by atoms with van der Waals surface area (Å²) in [6, 6.07) is 24.5. The molecule has 3 aromatic rings. The van der Waals surface area contributed by atoms with Crippen LogP contribution in [-0.2, 0) is 19.6 Å². The quantitative estimate of drug-likeness (QED) is 0.524. The Hall–Kier alpha value is -2.98. The minimum atomic E-state index is 0.587. The summed E-state index contributed by atoms with van der Waals surface area (Å²) in [6.07, 6.45) is 0.929. The molecule has 146 valence electrons. The first-order valence-corrected chi connectivity index (χ1v) is 9.46. The molecule has 28 heavy (non-hydrogen) atoms. The molecule has 3 rings (SSSR count). The van der Waals surface area contributed by atoms with Gasteiger partial charge in [0.15, 0.2) is 11.5 Å². The molecule has 0 aliphatic heterocycles. The Bertz CT molecular complexity index is 847. The van der Waals surface area contributed by atoms with Crippen LogP contribution in [0.2, 0.25) is 0 Å². The lowest BCUT2D eigenvalue weighted by atomic mass is 10.1. The molecule has 4 heteroatoms. The van der Waals surface area contributed by atoms with Gasteiger partial charge in [-0.3, -0.25) is 0 Å². The first kappa shape index (κ1) is 19.8. The molecule has 0 atom stereocenters. The maximum absolute atomic E-state index is 5.83. The van der Waals surface area contributed by atoms with Gasteiger partial charge in [0.05, 0.1) is 14.2 Å². The van der Waals surface area contributed by atoms with Crippen molar-refractivity contribution in [2.24, 2.45) is 0 Å². The summed E-state index contributed by atoms with van der Waals surface area (Å²) >= 11 is 0. The van der Waals surface area contributed by atoms with E-state index in [9.17, 15) is 0 Å². The van der Waals surface area contributed by atoms with Gasteiger partial charge < -0.3 is 19.5 Å². The zero-order valence-electron chi connectivity index (χ0n) is 16.5. The van der Waals surface area contributed by atoms with Crippen LogP contribution in [0.3, 0.4) is 0 Å². The molecular formula is C24H27NO3. The Labute approximate surface area is 167 Å². The summed E-state index contributed by atoms with van der Waals surface area (Å²) in [6.45, 7) is 2.30. The highest BCUT2D eigenvalue weighted by Gasteiger charge is 2.04. The van der Waals surface area contributed by atoms with Crippen molar-refractivity contribution in [2.75, 3.05) is 20.8 Å². The molecule has 0 aliphatic rings. The standard InChI is InChI=1S/C24H27NO3/c1-26-23-13-10-19(16-24(23)27-2)14-15-25-17-20-8-11-22(12-9-20)28-18-21-6-4-3-5-7-21/h3-13,16,25H,14-15,17-18H2,1-2H3. The summed E-state index contributed by atoms with van der Waals surface area (Å²) < 4.78 is 16.5. The highest BCUT2D eigenvalue weighted by molar-refractivity contribution is 5.43. The van der Waals surface area contributed by atoms with Gasteiger partial charge in [0.25, 0.3) is 0 Å². The SMILES string of the molecule is COc1ccc(CCNCc2ccc(OCc3ccccc3)cc2)cc1OC. The van der Waals surface area contributed by atoms with Crippen molar-refractivity contribution in [3.05, 3.63) is 89.5 Å². The van der Waals surface area contributed by atoms with Crippen LogP contribution in [0.4, 0.5) is 0 Å². The van der Waals surface area contributed by atoms with Crippen molar-refractivity contribution in [3.63, 3.8) is 0 Å². The minimum absolute atomic E-state index is 0.587. The number of hydrogen-bond donors (Lipinski definition) is 1. The van der Waals surface area contributed by atoms with Crippen molar-refractivity contribution >= 4 is 0 Å². The molecule has 4 nitrogen and oxygen atoms in total. The number of nitrogens with one attached hydrogen (secondary N) is 1. The molecule has 1 N–H and O–H groups in total. The van der Waals surface area contributed by atoms with E-state index in [1.807, 2.05) is 42.5 Å². The number of methoxy groups -OCH3 is 2. The van der Waals surface area contributed by atoms with E-state index in [1.165, 1.54) is 16.7 Å². The molecule has 0 saturated carbocycles. The fraction of sp³-hybridized carbons (Fsp3) is 0.250. The molecule has 0 heterocycles. The molecular weight excluding hydrogens is 350 g/mol. The van der Waals surface area contributed by atoms with Crippen molar-refractivity contribution in [3.8, 4) is 17.2 Å². The van der Waals surface area contributed by atoms with Gasteiger partial charge in [0.1, 0.15) is 12.4 Å². The predicted molar refractivity (Wildman–Crippen MR) is 112 cm³/mol. The molecule has 3 aromatic carbocycles. The first-order valence-electron chi connectivity index (χ1n) is 9.46. The fourth-order valence-electron chi connectivity index (χ4n) is 2.95. The summed E-state index contributed by atoms with van der Waals surface area (Å²) in [7, 11) is 3.31. The summed E-state index contributed by atoms with van der Waals surface area (Å²) in [5.74, 6) is 2.41. The minimum Gasteiger partial charge on any atom is -0.493 e. The fourth-order valence-corrected chi connectivity index (χ4v) is 2.95. The molecule has 0 amide bonds. The van der Waals surface area contributed by atoms with Gasteiger partial charge in [0, 0.05) is 6.54 Å². The third-order valence-corrected chi connectivity index (χ3v) is 4.54. The second-order valence-corrected chi connectivity index (χ2v) is 6.53. The highest BCUT2D eigenvalue weighted by Crippen LogP contribution is 2.27. The van der Waals surface area contributed by atoms with E-state index in [-0.39, 0.29) is 0 Å². The Morgan fingerprint density at radius 2 is 1.43 bits per heavy atom. The molecule has 0 spiro atoms. The second-order valence-electron chi connectivity index (χ2n) is 6.53. The predicted octanol–water partition coefficient (Wildman–Crippen LogP) is 4.62. The van der Waals surface area contributed by atoms with E-state index in [2.05, 4.69) is 35.6 Å². The highest BCUT2D eigenvalue weighted by atomic mass is 16.5. The average Bonchev–Trinajstić information content (AvgIpc) is 2.76. The lowest BCUT2D eigenvalue weighted by Gasteiger charge is -2.10. The van der Waals surface area contributed by atoms with Crippen LogP contribution in [0.15, 0.2) is 72.8 Å². The van der Waals surface area contributed by atoms with Crippen LogP contribution in [0.25, 0.3) is 0 Å². The van der Waals surface area contributed by atoms with E-state index < -0.39 is 0 Å². The van der Waals surface area contributed by atoms with E-state index in [4.69, 9.17) is 14.2 Å². The van der Waals surface area contributed by atoms with Crippen LogP contribution >= 0.6 is 0 Å². The zero-order valence-corrected chi connectivity index (χ0v) is 16.5. The van der Waals surface area contributed by atoms with Gasteiger partial charge in [-0.1, -0.05) is 48.5 Å². The van der Waals surface area contributed by atoms with Crippen LogP contribution in [-0.4, -0.2) is 20.8 Å². The molecule has 0 unspecified atom stereocenters. The Kier molecular flexibility index (Phi) is 7.33. The van der Waals surface area contributed by atoms with Crippen LogP contribution in [0.5, 0.6) is 17.2 Å². The van der Waals surface area contributed by atoms with E-state index in [0.717, 1.165) is 36.8 Å². The summed E-state index contributed by atoms with van der Waals surface area (Å²) in [5, 5.41) is 3.48. The summed E-state index contributed by atoms with van der Waals surface area (Å²) in [4.78, 5) is 0. The Balaban J connectivity index is 1.41. The van der Waals surface area contributed by atoms with Crippen molar-refractivity contribution in [1.29, 1.82) is 0 Å². The summed E-state index contributed by atoms with van der Waals surface area (Å²) in [5.41, 5.74) is 3.62. The molecule has 0 fully saturated rings. The third kappa shape index (κ3) is 5.76. The van der Waals surface area contributed by atoms with Crippen LogP contribution < -0.4 is 19.5 Å². The van der Waals surface area contributed by atoms with Crippen molar-refractivity contribution < 1.29 is 14.2 Å². The lowest BCUT2D eigenvalue weighted by molar-refractivity contribution is 0.306. The van der Waals surface area contributed by atoms with Crippen molar-refractivity contribution in [1.82, 2.24) is 5.32 Å². The first-order chi connectivity index (χ1) is 13.8. The Morgan fingerprint density at radius 3 is 2.14 bits per heavy atom.